The summed E-state index contributed by atoms with van der Waals surface area (Å²) < 4.78 is 55.8. The van der Waals surface area contributed by atoms with Crippen molar-refractivity contribution in [3.8, 4) is 28.2 Å². The van der Waals surface area contributed by atoms with E-state index in [1.165, 1.54) is 26.2 Å². The van der Waals surface area contributed by atoms with Gasteiger partial charge in [0.25, 0.3) is 0 Å². The third-order valence-electron chi connectivity index (χ3n) is 7.43. The van der Waals surface area contributed by atoms with Gasteiger partial charge in [0.2, 0.25) is 0 Å². The zero-order valence-electron chi connectivity index (χ0n) is 22.9. The van der Waals surface area contributed by atoms with Crippen LogP contribution in [0.5, 0.6) is 5.75 Å². The Kier molecular flexibility index (Phi) is 7.44. The lowest BCUT2D eigenvalue weighted by Crippen LogP contribution is -2.19. The molecule has 11 heteroatoms. The number of carbonyl (C=O) groups excluding carboxylic acids is 1. The van der Waals surface area contributed by atoms with Gasteiger partial charge in [-0.15, -0.1) is 0 Å². The first-order valence-electron chi connectivity index (χ1n) is 13.1. The van der Waals surface area contributed by atoms with Crippen LogP contribution in [-0.2, 0) is 21.1 Å². The Hall–Kier alpha value is -4.80. The first-order chi connectivity index (χ1) is 19.9. The third-order valence-corrected chi connectivity index (χ3v) is 7.43. The predicted molar refractivity (Wildman–Crippen MR) is 147 cm³/mol. The Morgan fingerprint density at radius 2 is 1.74 bits per heavy atom. The van der Waals surface area contributed by atoms with E-state index in [2.05, 4.69) is 10.5 Å². The summed E-state index contributed by atoms with van der Waals surface area (Å²) >= 11 is 0. The second-order valence-corrected chi connectivity index (χ2v) is 10.1. The van der Waals surface area contributed by atoms with Crippen molar-refractivity contribution in [3.63, 3.8) is 0 Å². The number of carbonyl (C=O) groups is 2. The molecule has 1 aromatic heterocycles. The van der Waals surface area contributed by atoms with Crippen LogP contribution in [-0.4, -0.2) is 29.4 Å². The molecule has 0 radical (unpaired) electrons. The number of ether oxygens (including phenoxy) is 2. The average Bonchev–Trinajstić information content (AvgIpc) is 3.72. The molecule has 1 heterocycles. The first kappa shape index (κ1) is 28.7. The number of benzene rings is 3. The predicted octanol–water partition coefficient (Wildman–Crippen LogP) is 7.77. The molecule has 42 heavy (non-hydrogen) atoms. The van der Waals surface area contributed by atoms with Crippen molar-refractivity contribution < 1.29 is 41.9 Å². The molecule has 4 aromatic rings. The summed E-state index contributed by atoms with van der Waals surface area (Å²) in [6.45, 7) is 3.09. The zero-order chi connectivity index (χ0) is 30.2. The van der Waals surface area contributed by atoms with Crippen molar-refractivity contribution in [2.24, 2.45) is 0 Å². The molecule has 1 amide bonds. The number of methoxy groups -OCH3 is 1. The van der Waals surface area contributed by atoms with Crippen LogP contribution < -0.4 is 10.1 Å². The molecule has 1 aliphatic rings. The molecule has 1 fully saturated rings. The first-order valence-corrected chi connectivity index (χ1v) is 13.1. The van der Waals surface area contributed by atoms with Gasteiger partial charge in [0, 0.05) is 0 Å². The number of anilines is 1. The number of carboxylic acids is 1. The van der Waals surface area contributed by atoms with E-state index in [1.807, 2.05) is 30.3 Å². The second-order valence-electron chi connectivity index (χ2n) is 10.1. The topological polar surface area (TPSA) is 111 Å². The van der Waals surface area contributed by atoms with Crippen LogP contribution in [0.1, 0.15) is 48.3 Å². The average molecular weight is 581 g/mol. The number of alkyl halides is 3. The van der Waals surface area contributed by atoms with E-state index in [1.54, 1.807) is 19.1 Å². The van der Waals surface area contributed by atoms with Gasteiger partial charge in [-0.3, -0.25) is 10.1 Å². The number of aliphatic carboxylic acids is 1. The number of halogens is 3. The zero-order valence-corrected chi connectivity index (χ0v) is 22.9. The van der Waals surface area contributed by atoms with Crippen LogP contribution in [0.25, 0.3) is 22.5 Å². The molecule has 1 atom stereocenters. The number of rotatable bonds is 8. The Labute approximate surface area is 239 Å². The summed E-state index contributed by atoms with van der Waals surface area (Å²) in [6, 6.07) is 17.3. The van der Waals surface area contributed by atoms with E-state index < -0.39 is 35.3 Å². The standard InChI is InChI=1S/C31H27F3N2O6/c1-17-26(35-29(39)41-18(2)20-5-4-6-23(15-20)31(32,33)34)27(42-36-17)24-12-9-21(16-25(24)40-3)19-7-10-22(11-8-19)30(13-14-30)28(37)38/h4-12,15-16,18H,13-14H2,1-3H3,(H,35,39)(H,37,38). The number of aryl methyl sites for hydroxylation is 1. The van der Waals surface area contributed by atoms with Gasteiger partial charge < -0.3 is 19.1 Å². The highest BCUT2D eigenvalue weighted by atomic mass is 19.4. The maximum atomic E-state index is 13.1. The Morgan fingerprint density at radius 1 is 1.05 bits per heavy atom. The van der Waals surface area contributed by atoms with Crippen molar-refractivity contribution in [1.29, 1.82) is 0 Å². The van der Waals surface area contributed by atoms with E-state index in [9.17, 15) is 27.9 Å². The second kappa shape index (κ2) is 10.9. The van der Waals surface area contributed by atoms with Crippen LogP contribution >= 0.6 is 0 Å². The van der Waals surface area contributed by atoms with Gasteiger partial charge in [-0.25, -0.2) is 4.79 Å². The van der Waals surface area contributed by atoms with E-state index in [4.69, 9.17) is 14.0 Å². The summed E-state index contributed by atoms with van der Waals surface area (Å²) in [4.78, 5) is 24.4. The fourth-order valence-corrected chi connectivity index (χ4v) is 4.82. The van der Waals surface area contributed by atoms with Gasteiger partial charge in [0.1, 0.15) is 23.2 Å². The summed E-state index contributed by atoms with van der Waals surface area (Å²) in [7, 11) is 1.48. The van der Waals surface area contributed by atoms with Crippen LogP contribution in [0.3, 0.4) is 0 Å². The lowest BCUT2D eigenvalue weighted by molar-refractivity contribution is -0.140. The lowest BCUT2D eigenvalue weighted by atomic mass is 9.93. The Bertz CT molecular complexity index is 1640. The number of amides is 1. The molecule has 3 aromatic carbocycles. The molecule has 0 spiro atoms. The molecule has 1 unspecified atom stereocenters. The van der Waals surface area contributed by atoms with Gasteiger partial charge in [0.05, 0.1) is 23.7 Å². The normalized spacial score (nSPS) is 14.6. The van der Waals surface area contributed by atoms with Gasteiger partial charge in [-0.2, -0.15) is 13.2 Å². The number of nitrogens with one attached hydrogen (secondary N) is 1. The lowest BCUT2D eigenvalue weighted by Gasteiger charge is -2.16. The third kappa shape index (κ3) is 5.54. The van der Waals surface area contributed by atoms with Crippen LogP contribution in [0.4, 0.5) is 23.7 Å². The maximum absolute atomic E-state index is 13.1. The summed E-state index contributed by atoms with van der Waals surface area (Å²) in [5.74, 6) is -0.195. The van der Waals surface area contributed by atoms with Crippen LogP contribution in [0.2, 0.25) is 0 Å². The summed E-state index contributed by atoms with van der Waals surface area (Å²) in [5.41, 5.74) is 2.03. The van der Waals surface area contributed by atoms with Gasteiger partial charge >= 0.3 is 18.2 Å². The largest absolute Gasteiger partial charge is 0.496 e. The number of carboxylic acid groups (broad SMARTS) is 1. The highest BCUT2D eigenvalue weighted by molar-refractivity contribution is 5.92. The smallest absolute Gasteiger partial charge is 0.416 e. The van der Waals surface area contributed by atoms with Crippen molar-refractivity contribution >= 4 is 17.7 Å². The molecule has 0 bridgehead atoms. The van der Waals surface area contributed by atoms with Crippen molar-refractivity contribution in [2.45, 2.75) is 44.4 Å². The quantitative estimate of drug-likeness (QED) is 0.219. The van der Waals surface area contributed by atoms with Gasteiger partial charge in [-0.1, -0.05) is 47.6 Å². The Morgan fingerprint density at radius 3 is 2.36 bits per heavy atom. The Balaban J connectivity index is 1.35. The molecule has 8 nitrogen and oxygen atoms in total. The number of nitrogens with zero attached hydrogens (tertiary/aromatic N) is 1. The highest BCUT2D eigenvalue weighted by Crippen LogP contribution is 2.49. The summed E-state index contributed by atoms with van der Waals surface area (Å²) in [6.07, 6.45) is -5.16. The minimum Gasteiger partial charge on any atom is -0.496 e. The molecule has 218 valence electrons. The molecular formula is C31H27F3N2O6. The molecule has 5 rings (SSSR count). The van der Waals surface area contributed by atoms with Crippen molar-refractivity contribution in [1.82, 2.24) is 5.16 Å². The minimum absolute atomic E-state index is 0.183. The molecular weight excluding hydrogens is 553 g/mol. The monoisotopic (exact) mass is 580 g/mol. The molecule has 0 aliphatic heterocycles. The number of hydrogen-bond donors (Lipinski definition) is 2. The molecule has 2 N–H and O–H groups in total. The van der Waals surface area contributed by atoms with Crippen molar-refractivity contribution in [3.05, 3.63) is 89.1 Å². The fraction of sp³-hybridized carbons (Fsp3) is 0.258. The summed E-state index contributed by atoms with van der Waals surface area (Å²) in [5, 5.41) is 16.1. The number of aromatic nitrogens is 1. The van der Waals surface area contributed by atoms with E-state index >= 15 is 0 Å². The van der Waals surface area contributed by atoms with Crippen molar-refractivity contribution in [2.75, 3.05) is 12.4 Å². The van der Waals surface area contributed by atoms with Crippen LogP contribution in [0, 0.1) is 6.92 Å². The SMILES string of the molecule is COc1cc(-c2ccc(C3(C(=O)O)CC3)cc2)ccc1-c1onc(C)c1NC(=O)OC(C)c1cccc(C(F)(F)F)c1. The van der Waals surface area contributed by atoms with E-state index in [0.29, 0.717) is 29.8 Å². The fourth-order valence-electron chi connectivity index (χ4n) is 4.82. The van der Waals surface area contributed by atoms with E-state index in [-0.39, 0.29) is 17.0 Å². The van der Waals surface area contributed by atoms with Gasteiger partial charge in [0.15, 0.2) is 5.76 Å². The molecule has 1 aliphatic carbocycles. The molecule has 1 saturated carbocycles. The minimum atomic E-state index is -4.52. The number of hydrogen-bond acceptors (Lipinski definition) is 6. The van der Waals surface area contributed by atoms with E-state index in [0.717, 1.165) is 28.8 Å². The van der Waals surface area contributed by atoms with Crippen LogP contribution in [0.15, 0.2) is 71.3 Å². The maximum Gasteiger partial charge on any atom is 0.416 e. The highest BCUT2D eigenvalue weighted by Gasteiger charge is 2.51. The van der Waals surface area contributed by atoms with Gasteiger partial charge in [-0.05, 0) is 73.2 Å². The molecule has 0 saturated heterocycles.